The summed E-state index contributed by atoms with van der Waals surface area (Å²) in [6, 6.07) is -0.564. The first-order valence-corrected chi connectivity index (χ1v) is 6.38. The maximum absolute atomic E-state index is 11.9. The van der Waals surface area contributed by atoms with E-state index in [2.05, 4.69) is 14.9 Å². The van der Waals surface area contributed by atoms with E-state index in [1.807, 2.05) is 0 Å². The van der Waals surface area contributed by atoms with Crippen LogP contribution < -0.4 is 5.32 Å². The summed E-state index contributed by atoms with van der Waals surface area (Å²) in [6.07, 6.45) is -1.73. The summed E-state index contributed by atoms with van der Waals surface area (Å²) in [5.74, 6) is -0.775. The van der Waals surface area contributed by atoms with E-state index < -0.39 is 24.2 Å². The number of rotatable bonds is 3. The second-order valence-electron chi connectivity index (χ2n) is 4.43. The van der Waals surface area contributed by atoms with Crippen LogP contribution in [0.2, 0.25) is 0 Å². The molecule has 1 saturated carbocycles. The van der Waals surface area contributed by atoms with Crippen molar-refractivity contribution in [2.45, 2.75) is 31.6 Å². The third-order valence-corrected chi connectivity index (χ3v) is 4.04. The van der Waals surface area contributed by atoms with Gasteiger partial charge in [0.2, 0.25) is 0 Å². The number of aliphatic hydroxyl groups excluding tert-OH is 3. The van der Waals surface area contributed by atoms with Crippen LogP contribution in [-0.4, -0.2) is 55.7 Å². The number of carbonyl (C=O) groups is 1. The Morgan fingerprint density at radius 3 is 2.72 bits per heavy atom. The lowest BCUT2D eigenvalue weighted by atomic mass is 10.1. The lowest BCUT2D eigenvalue weighted by Crippen LogP contribution is -2.43. The molecule has 2 rings (SSSR count). The maximum Gasteiger partial charge on any atom is 0.265 e. The summed E-state index contributed by atoms with van der Waals surface area (Å²) in [6.45, 7) is 1.46. The average molecular weight is 273 g/mol. The van der Waals surface area contributed by atoms with Gasteiger partial charge in [-0.15, -0.1) is 5.10 Å². The third kappa shape index (κ3) is 2.37. The Hall–Kier alpha value is -1.09. The molecular formula is C10H15N3O4S. The summed E-state index contributed by atoms with van der Waals surface area (Å²) in [5.41, 5.74) is 0.532. The number of carbonyl (C=O) groups excluding carboxylic acids is 1. The average Bonchev–Trinajstić information content (AvgIpc) is 2.88. The molecule has 7 nitrogen and oxygen atoms in total. The van der Waals surface area contributed by atoms with Gasteiger partial charge in [0, 0.05) is 12.5 Å². The highest BCUT2D eigenvalue weighted by Crippen LogP contribution is 2.26. The van der Waals surface area contributed by atoms with Crippen LogP contribution in [0.3, 0.4) is 0 Å². The first-order valence-electron chi connectivity index (χ1n) is 5.61. The number of amides is 1. The molecule has 18 heavy (non-hydrogen) atoms. The van der Waals surface area contributed by atoms with E-state index >= 15 is 0 Å². The first-order chi connectivity index (χ1) is 8.54. The number of hydrogen-bond donors (Lipinski definition) is 4. The van der Waals surface area contributed by atoms with Crippen LogP contribution in [0.25, 0.3) is 0 Å². The van der Waals surface area contributed by atoms with Crippen molar-refractivity contribution >= 4 is 17.4 Å². The van der Waals surface area contributed by atoms with Gasteiger partial charge in [0.15, 0.2) is 0 Å². The second-order valence-corrected chi connectivity index (χ2v) is 5.18. The zero-order chi connectivity index (χ0) is 13.3. The van der Waals surface area contributed by atoms with E-state index in [1.165, 1.54) is 0 Å². The second kappa shape index (κ2) is 5.27. The summed E-state index contributed by atoms with van der Waals surface area (Å²) < 4.78 is 3.66. The van der Waals surface area contributed by atoms with E-state index in [0.29, 0.717) is 17.0 Å². The van der Waals surface area contributed by atoms with Crippen LogP contribution in [-0.2, 0) is 0 Å². The SMILES string of the molecule is Cc1nnsc1C(=O)N[C@@H]1C[C@H](CO)[C@@H](O)[C@H]1O. The summed E-state index contributed by atoms with van der Waals surface area (Å²) in [4.78, 5) is 12.3. The van der Waals surface area contributed by atoms with Gasteiger partial charge in [-0.3, -0.25) is 4.79 Å². The van der Waals surface area contributed by atoms with Crippen molar-refractivity contribution in [3.8, 4) is 0 Å². The van der Waals surface area contributed by atoms with Gasteiger partial charge in [-0.2, -0.15) is 0 Å². The van der Waals surface area contributed by atoms with Gasteiger partial charge in [0.1, 0.15) is 11.0 Å². The Morgan fingerprint density at radius 1 is 1.50 bits per heavy atom. The molecule has 1 aliphatic rings. The van der Waals surface area contributed by atoms with Gasteiger partial charge in [-0.25, -0.2) is 0 Å². The monoisotopic (exact) mass is 273 g/mol. The van der Waals surface area contributed by atoms with Crippen LogP contribution in [0, 0.1) is 12.8 Å². The van der Waals surface area contributed by atoms with Crippen molar-refractivity contribution in [1.29, 1.82) is 0 Å². The third-order valence-electron chi connectivity index (χ3n) is 3.21. The molecule has 0 spiro atoms. The molecule has 0 aromatic carbocycles. The highest BCUT2D eigenvalue weighted by atomic mass is 32.1. The predicted octanol–water partition coefficient (Wildman–Crippen LogP) is -1.32. The van der Waals surface area contributed by atoms with Crippen LogP contribution in [0.4, 0.5) is 0 Å². The lowest BCUT2D eigenvalue weighted by molar-refractivity contribution is 0.000150. The summed E-state index contributed by atoms with van der Waals surface area (Å²) in [7, 11) is 0. The Labute approximate surface area is 108 Å². The molecule has 0 unspecified atom stereocenters. The van der Waals surface area contributed by atoms with Gasteiger partial charge in [-0.05, 0) is 24.9 Å². The van der Waals surface area contributed by atoms with Gasteiger partial charge >= 0.3 is 0 Å². The van der Waals surface area contributed by atoms with E-state index in [4.69, 9.17) is 5.11 Å². The van der Waals surface area contributed by atoms with Crippen LogP contribution >= 0.6 is 11.5 Å². The quantitative estimate of drug-likeness (QED) is 0.543. The highest BCUT2D eigenvalue weighted by Gasteiger charge is 2.41. The fourth-order valence-electron chi connectivity index (χ4n) is 2.12. The molecule has 0 saturated heterocycles. The Balaban J connectivity index is 2.03. The lowest BCUT2D eigenvalue weighted by Gasteiger charge is -2.17. The minimum Gasteiger partial charge on any atom is -0.396 e. The molecule has 1 fully saturated rings. The fraction of sp³-hybridized carbons (Fsp3) is 0.700. The molecule has 0 bridgehead atoms. The van der Waals surface area contributed by atoms with E-state index in [9.17, 15) is 15.0 Å². The molecule has 1 aromatic heterocycles. The Bertz CT molecular complexity index is 439. The topological polar surface area (TPSA) is 116 Å². The Morgan fingerprint density at radius 2 is 2.22 bits per heavy atom. The van der Waals surface area contributed by atoms with Crippen molar-refractivity contribution in [3.63, 3.8) is 0 Å². The standard InChI is InChI=1S/C10H15N3O4S/c1-4-9(18-13-12-4)10(17)11-6-2-5(3-14)7(15)8(6)16/h5-8,14-16H,2-3H2,1H3,(H,11,17)/t5-,6-,7-,8+/m1/s1. The number of aryl methyl sites for hydroxylation is 1. The number of nitrogens with one attached hydrogen (secondary N) is 1. The maximum atomic E-state index is 11.9. The molecule has 1 amide bonds. The minimum atomic E-state index is -1.06. The predicted molar refractivity (Wildman–Crippen MR) is 63.1 cm³/mol. The van der Waals surface area contributed by atoms with Crippen LogP contribution in [0.15, 0.2) is 0 Å². The highest BCUT2D eigenvalue weighted by molar-refractivity contribution is 7.08. The molecule has 1 heterocycles. The largest absolute Gasteiger partial charge is 0.396 e. The number of hydrogen-bond acceptors (Lipinski definition) is 7. The fourth-order valence-corrected chi connectivity index (χ4v) is 2.68. The van der Waals surface area contributed by atoms with Crippen molar-refractivity contribution in [3.05, 3.63) is 10.6 Å². The van der Waals surface area contributed by atoms with Crippen LogP contribution in [0.5, 0.6) is 0 Å². The molecule has 4 atom stereocenters. The molecule has 4 N–H and O–H groups in total. The molecular weight excluding hydrogens is 258 g/mol. The minimum absolute atomic E-state index is 0.217. The van der Waals surface area contributed by atoms with Gasteiger partial charge in [0.05, 0.1) is 17.8 Å². The first kappa shape index (κ1) is 13.3. The van der Waals surface area contributed by atoms with Crippen molar-refractivity contribution in [1.82, 2.24) is 14.9 Å². The smallest absolute Gasteiger partial charge is 0.265 e. The summed E-state index contributed by atoms with van der Waals surface area (Å²) >= 11 is 0.983. The van der Waals surface area contributed by atoms with Gasteiger partial charge in [-0.1, -0.05) is 4.49 Å². The zero-order valence-corrected chi connectivity index (χ0v) is 10.6. The van der Waals surface area contributed by atoms with Crippen LogP contribution in [0.1, 0.15) is 21.8 Å². The summed E-state index contributed by atoms with van der Waals surface area (Å²) in [5, 5.41) is 34.8. The molecule has 8 heteroatoms. The molecule has 0 radical (unpaired) electrons. The van der Waals surface area contributed by atoms with E-state index in [-0.39, 0.29) is 12.5 Å². The van der Waals surface area contributed by atoms with E-state index in [1.54, 1.807) is 6.92 Å². The van der Waals surface area contributed by atoms with Gasteiger partial charge < -0.3 is 20.6 Å². The van der Waals surface area contributed by atoms with Gasteiger partial charge in [0.25, 0.3) is 5.91 Å². The molecule has 100 valence electrons. The molecule has 1 aromatic rings. The van der Waals surface area contributed by atoms with E-state index in [0.717, 1.165) is 11.5 Å². The Kier molecular flexibility index (Phi) is 3.91. The van der Waals surface area contributed by atoms with Crippen molar-refractivity contribution in [2.24, 2.45) is 5.92 Å². The van der Waals surface area contributed by atoms with Crippen molar-refractivity contribution < 1.29 is 20.1 Å². The number of aliphatic hydroxyl groups is 3. The number of aromatic nitrogens is 2. The molecule has 0 aliphatic heterocycles. The normalized spacial score (nSPS) is 31.6. The van der Waals surface area contributed by atoms with Crippen molar-refractivity contribution in [2.75, 3.05) is 6.61 Å². The zero-order valence-electron chi connectivity index (χ0n) is 9.78. The molecule has 1 aliphatic carbocycles. The number of nitrogens with zero attached hydrogens (tertiary/aromatic N) is 2.